The summed E-state index contributed by atoms with van der Waals surface area (Å²) in [7, 11) is 0. The van der Waals surface area contributed by atoms with Gasteiger partial charge in [-0.2, -0.15) is 0 Å². The minimum atomic E-state index is -0.789. The van der Waals surface area contributed by atoms with Crippen LogP contribution in [0.25, 0.3) is 0 Å². The Balaban J connectivity index is 4.63. The van der Waals surface area contributed by atoms with Gasteiger partial charge in [-0.1, -0.05) is 205 Å². The second-order valence-corrected chi connectivity index (χ2v) is 16.1. The van der Waals surface area contributed by atoms with Gasteiger partial charge in [0.25, 0.3) is 0 Å². The number of ether oxygens (including phenoxy) is 1. The van der Waals surface area contributed by atoms with E-state index in [4.69, 9.17) is 4.74 Å². The highest BCUT2D eigenvalue weighted by atomic mass is 16.5. The Labute approximate surface area is 341 Å². The van der Waals surface area contributed by atoms with Gasteiger partial charge in [-0.25, -0.2) is 0 Å². The largest absolute Gasteiger partial charge is 0.462 e. The first kappa shape index (κ1) is 53.1. The average Bonchev–Trinajstić information content (AvgIpc) is 3.18. The molecule has 0 fully saturated rings. The molecule has 0 heterocycles. The first-order valence-corrected chi connectivity index (χ1v) is 23.7. The number of hydrogen-bond donors (Lipinski definition) is 3. The van der Waals surface area contributed by atoms with Crippen molar-refractivity contribution in [3.63, 3.8) is 0 Å². The number of amides is 1. The van der Waals surface area contributed by atoms with Gasteiger partial charge in [-0.05, 0) is 57.8 Å². The van der Waals surface area contributed by atoms with E-state index in [0.29, 0.717) is 19.3 Å². The molecule has 6 nitrogen and oxygen atoms in total. The van der Waals surface area contributed by atoms with Crippen LogP contribution in [0.4, 0.5) is 0 Å². The maximum Gasteiger partial charge on any atom is 0.306 e. The molecular formula is C49H91NO5. The van der Waals surface area contributed by atoms with Crippen LogP contribution in [0, 0.1) is 0 Å². The highest BCUT2D eigenvalue weighted by molar-refractivity contribution is 5.77. The number of aliphatic hydroxyl groups is 2. The maximum absolute atomic E-state index is 13.1. The molecule has 322 valence electrons. The van der Waals surface area contributed by atoms with Crippen LogP contribution in [0.3, 0.4) is 0 Å². The Morgan fingerprint density at radius 3 is 1.49 bits per heavy atom. The summed E-state index contributed by atoms with van der Waals surface area (Å²) in [5.74, 6) is -0.491. The van der Waals surface area contributed by atoms with Gasteiger partial charge >= 0.3 is 5.97 Å². The fourth-order valence-electron chi connectivity index (χ4n) is 7.15. The molecule has 0 aromatic rings. The molecule has 1 amide bonds. The highest BCUT2D eigenvalue weighted by Crippen LogP contribution is 2.17. The molecule has 0 spiro atoms. The summed E-state index contributed by atoms with van der Waals surface area (Å²) in [6, 6.07) is -0.704. The van der Waals surface area contributed by atoms with Gasteiger partial charge in [0.15, 0.2) is 0 Å². The second-order valence-electron chi connectivity index (χ2n) is 16.1. The number of esters is 1. The van der Waals surface area contributed by atoms with E-state index in [9.17, 15) is 19.8 Å². The molecule has 0 saturated heterocycles. The number of rotatable bonds is 42. The molecule has 0 aliphatic rings. The molecule has 3 N–H and O–H groups in total. The van der Waals surface area contributed by atoms with Gasteiger partial charge in [-0.15, -0.1) is 0 Å². The summed E-state index contributed by atoms with van der Waals surface area (Å²) in [5, 5.41) is 23.6. The Morgan fingerprint density at radius 1 is 0.545 bits per heavy atom. The lowest BCUT2D eigenvalue weighted by atomic mass is 10.0. The van der Waals surface area contributed by atoms with Crippen molar-refractivity contribution >= 4 is 11.9 Å². The van der Waals surface area contributed by atoms with Crippen molar-refractivity contribution in [3.8, 4) is 0 Å². The fourth-order valence-corrected chi connectivity index (χ4v) is 7.15. The van der Waals surface area contributed by atoms with Crippen molar-refractivity contribution in [2.24, 2.45) is 0 Å². The lowest BCUT2D eigenvalue weighted by Gasteiger charge is -2.24. The van der Waals surface area contributed by atoms with Crippen LogP contribution in [0.1, 0.15) is 239 Å². The lowest BCUT2D eigenvalue weighted by molar-refractivity contribution is -0.151. The van der Waals surface area contributed by atoms with Gasteiger partial charge in [0.2, 0.25) is 5.91 Å². The number of nitrogens with one attached hydrogen (secondary N) is 1. The molecule has 0 aromatic heterocycles. The van der Waals surface area contributed by atoms with Crippen molar-refractivity contribution in [3.05, 3.63) is 36.5 Å². The number of hydrogen-bond acceptors (Lipinski definition) is 5. The SMILES string of the molecule is CC/C=C/C/C=C/C/C=C/CCCCCCC(CC(=O)NC(CO)C(O)CCCCCCCCCCCC)OC(=O)CCCCCCCCCCCCCC. The predicted molar refractivity (Wildman–Crippen MR) is 236 cm³/mol. The maximum atomic E-state index is 13.1. The molecule has 3 atom stereocenters. The van der Waals surface area contributed by atoms with Crippen LogP contribution >= 0.6 is 0 Å². The van der Waals surface area contributed by atoms with Crippen molar-refractivity contribution in [1.82, 2.24) is 5.32 Å². The smallest absolute Gasteiger partial charge is 0.306 e. The lowest BCUT2D eigenvalue weighted by Crippen LogP contribution is -2.46. The van der Waals surface area contributed by atoms with Crippen LogP contribution in [0.5, 0.6) is 0 Å². The zero-order chi connectivity index (χ0) is 40.3. The minimum absolute atomic E-state index is 0.0656. The molecule has 0 aliphatic heterocycles. The van der Waals surface area contributed by atoms with Crippen LogP contribution in [-0.4, -0.2) is 46.9 Å². The van der Waals surface area contributed by atoms with E-state index in [0.717, 1.165) is 89.9 Å². The van der Waals surface area contributed by atoms with E-state index in [1.807, 2.05) is 0 Å². The zero-order valence-corrected chi connectivity index (χ0v) is 36.6. The van der Waals surface area contributed by atoms with Crippen molar-refractivity contribution in [2.45, 2.75) is 257 Å². The quantitative estimate of drug-likeness (QED) is 0.0326. The molecule has 3 unspecified atom stereocenters. The van der Waals surface area contributed by atoms with E-state index < -0.39 is 18.2 Å². The predicted octanol–water partition coefficient (Wildman–Crippen LogP) is 13.7. The topological polar surface area (TPSA) is 95.9 Å². The van der Waals surface area contributed by atoms with Crippen LogP contribution in [0.2, 0.25) is 0 Å². The Morgan fingerprint density at radius 2 is 0.982 bits per heavy atom. The van der Waals surface area contributed by atoms with Gasteiger partial charge in [0.05, 0.1) is 25.2 Å². The number of carbonyl (C=O) groups is 2. The molecule has 0 aromatic carbocycles. The van der Waals surface area contributed by atoms with E-state index in [-0.39, 0.29) is 24.9 Å². The summed E-state index contributed by atoms with van der Waals surface area (Å²) in [6.45, 7) is 6.35. The van der Waals surface area contributed by atoms with Crippen molar-refractivity contribution in [1.29, 1.82) is 0 Å². The molecule has 55 heavy (non-hydrogen) atoms. The Bertz CT molecular complexity index is 915. The second kappa shape index (κ2) is 43.2. The fraction of sp³-hybridized carbons (Fsp3) is 0.837. The number of carbonyl (C=O) groups excluding carboxylic acids is 2. The summed E-state index contributed by atoms with van der Waals surface area (Å²) in [6.07, 6.45) is 49.1. The molecule has 0 saturated carbocycles. The first-order chi connectivity index (χ1) is 27.0. The first-order valence-electron chi connectivity index (χ1n) is 23.7. The Hall–Kier alpha value is -1.92. The van der Waals surface area contributed by atoms with Crippen LogP contribution in [-0.2, 0) is 14.3 Å². The van der Waals surface area contributed by atoms with Gasteiger partial charge in [0.1, 0.15) is 6.10 Å². The summed E-state index contributed by atoms with van der Waals surface area (Å²) in [5.41, 5.74) is 0. The van der Waals surface area contributed by atoms with Gasteiger partial charge in [0, 0.05) is 6.42 Å². The number of unbranched alkanes of at least 4 members (excludes halogenated alkanes) is 24. The zero-order valence-electron chi connectivity index (χ0n) is 36.6. The molecule has 0 rings (SSSR count). The third-order valence-corrected chi connectivity index (χ3v) is 10.7. The third-order valence-electron chi connectivity index (χ3n) is 10.7. The molecule has 6 heteroatoms. The standard InChI is InChI=1S/C49H91NO5/c1-4-7-10-13-16-19-22-24-25-26-28-31-34-37-40-45(55-49(54)42-39-36-33-30-27-23-20-17-14-11-8-5-2)43-48(53)50-46(44-51)47(52)41-38-35-32-29-21-18-15-12-9-6-3/h7,10,16,19,24-25,45-47,51-52H,4-6,8-9,11-15,17-18,20-23,26-44H2,1-3H3,(H,50,53)/b10-7+,19-16+,25-24+. The van der Waals surface area contributed by atoms with Crippen LogP contribution < -0.4 is 5.32 Å². The molecule has 0 bridgehead atoms. The number of allylic oxidation sites excluding steroid dienone is 6. The van der Waals surface area contributed by atoms with E-state index >= 15 is 0 Å². The monoisotopic (exact) mass is 774 g/mol. The third kappa shape index (κ3) is 38.7. The van der Waals surface area contributed by atoms with Crippen molar-refractivity contribution in [2.75, 3.05) is 6.61 Å². The highest BCUT2D eigenvalue weighted by Gasteiger charge is 2.24. The van der Waals surface area contributed by atoms with Crippen molar-refractivity contribution < 1.29 is 24.5 Å². The van der Waals surface area contributed by atoms with E-state index in [1.54, 1.807) is 0 Å². The Kier molecular flexibility index (Phi) is 41.7. The average molecular weight is 774 g/mol. The van der Waals surface area contributed by atoms with E-state index in [1.165, 1.54) is 103 Å². The number of aliphatic hydroxyl groups excluding tert-OH is 2. The van der Waals surface area contributed by atoms with Gasteiger partial charge in [-0.3, -0.25) is 9.59 Å². The van der Waals surface area contributed by atoms with Crippen LogP contribution in [0.15, 0.2) is 36.5 Å². The van der Waals surface area contributed by atoms with E-state index in [2.05, 4.69) is 62.5 Å². The normalized spacial score (nSPS) is 13.6. The molecule has 0 radical (unpaired) electrons. The summed E-state index contributed by atoms with van der Waals surface area (Å²) < 4.78 is 5.90. The molecular weight excluding hydrogens is 683 g/mol. The molecule has 0 aliphatic carbocycles. The summed E-state index contributed by atoms with van der Waals surface area (Å²) in [4.78, 5) is 26.0. The summed E-state index contributed by atoms with van der Waals surface area (Å²) >= 11 is 0. The van der Waals surface area contributed by atoms with Gasteiger partial charge < -0.3 is 20.3 Å². The minimum Gasteiger partial charge on any atom is -0.462 e.